The van der Waals surface area contributed by atoms with Gasteiger partial charge in [-0.2, -0.15) is 0 Å². The zero-order valence-electron chi connectivity index (χ0n) is 11.2. The molecule has 0 radical (unpaired) electrons. The Hall–Kier alpha value is -1.33. The zero-order valence-corrected chi connectivity index (χ0v) is 12.0. The Kier molecular flexibility index (Phi) is 3.73. The first-order valence-corrected chi connectivity index (χ1v) is 6.73. The number of ether oxygens (including phenoxy) is 1. The van der Waals surface area contributed by atoms with Crippen LogP contribution in [0.1, 0.15) is 11.9 Å². The maximum atomic E-state index is 6.13. The number of nitrogen functional groups attached to an aromatic ring is 1. The van der Waals surface area contributed by atoms with Gasteiger partial charge in [-0.1, -0.05) is 0 Å². The Balaban J connectivity index is 2.40. The third kappa shape index (κ3) is 2.42. The molecule has 1 aromatic heterocycles. The fourth-order valence-corrected chi connectivity index (χ4v) is 2.85. The van der Waals surface area contributed by atoms with Crippen LogP contribution in [0, 0.1) is 6.92 Å². The van der Waals surface area contributed by atoms with Gasteiger partial charge < -0.3 is 15.4 Å². The molecule has 0 saturated carbocycles. The molecule has 1 unspecified atom stereocenters. The monoisotopic (exact) mass is 265 g/mol. The van der Waals surface area contributed by atoms with E-state index in [0.717, 1.165) is 26.6 Å². The minimum Gasteiger partial charge on any atom is -0.397 e. The Morgan fingerprint density at radius 3 is 2.89 bits per heavy atom. The second kappa shape index (κ2) is 5.12. The molecule has 0 saturated heterocycles. The molecular weight excluding hydrogens is 246 g/mol. The summed E-state index contributed by atoms with van der Waals surface area (Å²) >= 11 is 1.67. The first-order valence-electron chi connectivity index (χ1n) is 5.91. The molecule has 0 bridgehead atoms. The van der Waals surface area contributed by atoms with E-state index in [0.29, 0.717) is 6.61 Å². The lowest BCUT2D eigenvalue weighted by Gasteiger charge is -2.27. The third-order valence-corrected chi connectivity index (χ3v) is 4.03. The van der Waals surface area contributed by atoms with Crippen molar-refractivity contribution in [3.05, 3.63) is 17.1 Å². The van der Waals surface area contributed by atoms with Gasteiger partial charge in [0.05, 0.1) is 33.2 Å². The molecule has 98 valence electrons. The average Bonchev–Trinajstić information content (AvgIpc) is 2.66. The van der Waals surface area contributed by atoms with Crippen LogP contribution < -0.4 is 10.6 Å². The molecule has 1 atom stereocenters. The summed E-state index contributed by atoms with van der Waals surface area (Å²) in [6.07, 6.45) is 0. The van der Waals surface area contributed by atoms with Crippen LogP contribution in [0.25, 0.3) is 10.2 Å². The van der Waals surface area contributed by atoms with Gasteiger partial charge in [0, 0.05) is 20.2 Å². The van der Waals surface area contributed by atoms with Gasteiger partial charge >= 0.3 is 0 Å². The number of nitrogens with zero attached hydrogens (tertiary/aromatic N) is 2. The Morgan fingerprint density at radius 1 is 1.50 bits per heavy atom. The highest BCUT2D eigenvalue weighted by Gasteiger charge is 2.14. The van der Waals surface area contributed by atoms with Crippen LogP contribution in [0.4, 0.5) is 11.4 Å². The molecule has 2 aromatic rings. The molecule has 0 aliphatic heterocycles. The van der Waals surface area contributed by atoms with Crippen LogP contribution in [0.3, 0.4) is 0 Å². The summed E-state index contributed by atoms with van der Waals surface area (Å²) in [5.41, 5.74) is 8.94. The number of thiazole rings is 1. The van der Waals surface area contributed by atoms with Gasteiger partial charge in [-0.15, -0.1) is 11.3 Å². The first kappa shape index (κ1) is 13.1. The summed E-state index contributed by atoms with van der Waals surface area (Å²) in [7, 11) is 3.74. The molecule has 4 nitrogen and oxygen atoms in total. The van der Waals surface area contributed by atoms with Gasteiger partial charge in [-0.3, -0.25) is 0 Å². The lowest BCUT2D eigenvalue weighted by atomic mass is 10.2. The van der Waals surface area contributed by atoms with Gasteiger partial charge in [-0.05, 0) is 26.0 Å². The number of benzene rings is 1. The van der Waals surface area contributed by atoms with Crippen LogP contribution in [0.15, 0.2) is 12.1 Å². The number of methoxy groups -OCH3 is 1. The number of aromatic nitrogens is 1. The highest BCUT2D eigenvalue weighted by atomic mass is 32.1. The van der Waals surface area contributed by atoms with Crippen LogP contribution in [-0.4, -0.2) is 31.8 Å². The third-order valence-electron chi connectivity index (χ3n) is 3.09. The summed E-state index contributed by atoms with van der Waals surface area (Å²) in [5, 5.41) is 1.06. The molecule has 2 N–H and O–H groups in total. The number of nitrogens with two attached hydrogens (primary N) is 1. The number of hydrogen-bond donors (Lipinski definition) is 1. The second-order valence-corrected chi connectivity index (χ2v) is 5.76. The predicted molar refractivity (Wildman–Crippen MR) is 78.5 cm³/mol. The highest BCUT2D eigenvalue weighted by Crippen LogP contribution is 2.32. The second-order valence-electron chi connectivity index (χ2n) is 4.53. The summed E-state index contributed by atoms with van der Waals surface area (Å²) in [5.74, 6) is 0. The smallest absolute Gasteiger partial charge is 0.0907 e. The van der Waals surface area contributed by atoms with E-state index in [-0.39, 0.29) is 6.04 Å². The summed E-state index contributed by atoms with van der Waals surface area (Å²) in [4.78, 5) is 6.64. The minimum atomic E-state index is 0.273. The Labute approximate surface area is 111 Å². The van der Waals surface area contributed by atoms with E-state index in [2.05, 4.69) is 22.9 Å². The molecule has 5 heteroatoms. The fraction of sp³-hybridized carbons (Fsp3) is 0.462. The van der Waals surface area contributed by atoms with Gasteiger partial charge in [0.1, 0.15) is 0 Å². The SMILES string of the molecule is COCC(C)N(C)c1cc2nc(C)sc2cc1N. The quantitative estimate of drug-likeness (QED) is 0.864. The van der Waals surface area contributed by atoms with Crippen LogP contribution >= 0.6 is 11.3 Å². The van der Waals surface area contributed by atoms with Crippen LogP contribution in [0.5, 0.6) is 0 Å². The number of anilines is 2. The van der Waals surface area contributed by atoms with Gasteiger partial charge in [-0.25, -0.2) is 4.98 Å². The van der Waals surface area contributed by atoms with Crippen molar-refractivity contribution in [3.63, 3.8) is 0 Å². The molecule has 2 rings (SSSR count). The maximum absolute atomic E-state index is 6.13. The number of aryl methyl sites for hydroxylation is 1. The van der Waals surface area contributed by atoms with E-state index in [4.69, 9.17) is 10.5 Å². The molecule has 0 aliphatic rings. The van der Waals surface area contributed by atoms with Crippen LogP contribution in [0.2, 0.25) is 0 Å². The molecule has 0 amide bonds. The Bertz CT molecular complexity index is 552. The highest BCUT2D eigenvalue weighted by molar-refractivity contribution is 7.18. The standard InChI is InChI=1S/C13H19N3OS/c1-8(7-17-4)16(3)12-6-11-13(5-10(12)14)18-9(2)15-11/h5-6,8H,7,14H2,1-4H3. The van der Waals surface area contributed by atoms with E-state index in [1.54, 1.807) is 18.4 Å². The molecule has 0 spiro atoms. The normalized spacial score (nSPS) is 12.9. The minimum absolute atomic E-state index is 0.273. The van der Waals surface area contributed by atoms with Crippen molar-refractivity contribution < 1.29 is 4.74 Å². The van der Waals surface area contributed by atoms with Crippen molar-refractivity contribution in [1.29, 1.82) is 0 Å². The predicted octanol–water partition coefficient (Wildman–Crippen LogP) is 2.66. The first-order chi connectivity index (χ1) is 8.52. The van der Waals surface area contributed by atoms with Gasteiger partial charge in [0.25, 0.3) is 0 Å². The van der Waals surface area contributed by atoms with E-state index in [9.17, 15) is 0 Å². The molecule has 1 heterocycles. The maximum Gasteiger partial charge on any atom is 0.0907 e. The fourth-order valence-electron chi connectivity index (χ4n) is 1.99. The number of rotatable bonds is 4. The van der Waals surface area contributed by atoms with Crippen molar-refractivity contribution in [3.8, 4) is 0 Å². The number of fused-ring (bicyclic) bond motifs is 1. The van der Waals surface area contributed by atoms with E-state index >= 15 is 0 Å². The van der Waals surface area contributed by atoms with Crippen molar-refractivity contribution in [2.45, 2.75) is 19.9 Å². The summed E-state index contributed by atoms with van der Waals surface area (Å²) < 4.78 is 6.32. The Morgan fingerprint density at radius 2 is 2.22 bits per heavy atom. The molecular formula is C13H19N3OS. The lowest BCUT2D eigenvalue weighted by molar-refractivity contribution is 0.183. The molecule has 18 heavy (non-hydrogen) atoms. The van der Waals surface area contributed by atoms with Gasteiger partial charge in [0.15, 0.2) is 0 Å². The molecule has 0 fully saturated rings. The van der Waals surface area contributed by atoms with Crippen molar-refractivity contribution in [1.82, 2.24) is 4.98 Å². The number of likely N-dealkylation sites (N-methyl/N-ethyl adjacent to an activating group) is 1. The zero-order chi connectivity index (χ0) is 13.3. The summed E-state index contributed by atoms with van der Waals surface area (Å²) in [6.45, 7) is 4.79. The van der Waals surface area contributed by atoms with E-state index < -0.39 is 0 Å². The van der Waals surface area contributed by atoms with Crippen LogP contribution in [-0.2, 0) is 4.74 Å². The van der Waals surface area contributed by atoms with Crippen molar-refractivity contribution in [2.24, 2.45) is 0 Å². The van der Waals surface area contributed by atoms with Crippen molar-refractivity contribution >= 4 is 32.9 Å². The van der Waals surface area contributed by atoms with E-state index in [1.165, 1.54) is 0 Å². The van der Waals surface area contributed by atoms with Gasteiger partial charge in [0.2, 0.25) is 0 Å². The average molecular weight is 265 g/mol. The molecule has 0 aliphatic carbocycles. The van der Waals surface area contributed by atoms with Crippen molar-refractivity contribution in [2.75, 3.05) is 31.4 Å². The topological polar surface area (TPSA) is 51.4 Å². The molecule has 1 aromatic carbocycles. The summed E-state index contributed by atoms with van der Waals surface area (Å²) in [6, 6.07) is 4.33. The largest absolute Gasteiger partial charge is 0.397 e. The van der Waals surface area contributed by atoms with E-state index in [1.807, 2.05) is 20.0 Å². The number of hydrogen-bond acceptors (Lipinski definition) is 5. The lowest BCUT2D eigenvalue weighted by Crippen LogP contribution is -2.33.